The van der Waals surface area contributed by atoms with Crippen LogP contribution in [0.15, 0.2) is 9.59 Å². The molecule has 7 nitrogen and oxygen atoms in total. The molecule has 2 rings (SSSR count). The van der Waals surface area contributed by atoms with E-state index in [1.165, 1.54) is 0 Å². The molecule has 0 atom stereocenters. The van der Waals surface area contributed by atoms with Crippen LogP contribution in [0.25, 0.3) is 0 Å². The molecule has 13 heteroatoms. The summed E-state index contributed by atoms with van der Waals surface area (Å²) in [6.45, 7) is 11.5. The van der Waals surface area contributed by atoms with Crippen LogP contribution in [0.5, 0.6) is 0 Å². The van der Waals surface area contributed by atoms with Gasteiger partial charge in [-0.25, -0.2) is 14.8 Å². The van der Waals surface area contributed by atoms with Crippen LogP contribution in [0.4, 0.5) is 0 Å². The maximum absolute atomic E-state index is 11.2. The number of aryl methyl sites for hydroxylation is 2. The fourth-order valence-electron chi connectivity index (χ4n) is 2.47. The van der Waals surface area contributed by atoms with Crippen molar-refractivity contribution in [2.24, 2.45) is 0 Å². The standard InChI is InChI=1S/C8H10Cl2N2.C8H12N2O2.Cl3OP/c1-4(2)6-5(3)11-8(10)12-7(6)9;1-4(2)6-5(3)9-8(12)10-7(6)11;1-5(2,3)4/h4H,1-3H3;4H,1-3H3,(H2,9,10,11,12);. The molecular weight excluding hydrogens is 504 g/mol. The van der Waals surface area contributed by atoms with Crippen molar-refractivity contribution < 1.29 is 4.57 Å². The molecule has 0 amide bonds. The van der Waals surface area contributed by atoms with Gasteiger partial charge in [-0.05, 0) is 71.0 Å². The molecule has 0 spiro atoms. The highest BCUT2D eigenvalue weighted by molar-refractivity contribution is 8.24. The summed E-state index contributed by atoms with van der Waals surface area (Å²) in [7, 11) is 0. The van der Waals surface area contributed by atoms with Crippen LogP contribution in [-0.2, 0) is 4.57 Å². The monoisotopic (exact) mass is 524 g/mol. The first-order valence-electron chi connectivity index (χ1n) is 8.26. The number of aromatic nitrogens is 4. The van der Waals surface area contributed by atoms with Crippen LogP contribution in [-0.4, -0.2) is 19.9 Å². The smallest absolute Gasteiger partial charge is 0.311 e. The van der Waals surface area contributed by atoms with Gasteiger partial charge >= 0.3 is 10.9 Å². The van der Waals surface area contributed by atoms with Crippen molar-refractivity contribution in [3.05, 3.63) is 53.8 Å². The van der Waals surface area contributed by atoms with Gasteiger partial charge in [0.2, 0.25) is 5.28 Å². The lowest BCUT2D eigenvalue weighted by Crippen LogP contribution is -2.27. The molecule has 2 heterocycles. The Morgan fingerprint density at radius 3 is 1.66 bits per heavy atom. The van der Waals surface area contributed by atoms with Crippen molar-refractivity contribution in [2.75, 3.05) is 0 Å². The number of rotatable bonds is 2. The second-order valence-electron chi connectivity index (χ2n) is 6.44. The Morgan fingerprint density at radius 2 is 1.31 bits per heavy atom. The molecule has 2 aromatic rings. The zero-order chi connectivity index (χ0) is 23.1. The fourth-order valence-corrected chi connectivity index (χ4v) is 3.16. The van der Waals surface area contributed by atoms with Crippen LogP contribution in [0.1, 0.15) is 62.0 Å². The lowest BCUT2D eigenvalue weighted by atomic mass is 10.0. The molecule has 164 valence electrons. The van der Waals surface area contributed by atoms with Gasteiger partial charge in [0.25, 0.3) is 5.56 Å². The zero-order valence-corrected chi connectivity index (χ0v) is 21.3. The second-order valence-corrected chi connectivity index (χ2v) is 13.8. The Bertz CT molecular complexity index is 954. The van der Waals surface area contributed by atoms with Gasteiger partial charge in [-0.15, -0.1) is 0 Å². The Labute approximate surface area is 193 Å². The molecular formula is C16H22Cl5N4O3P. The van der Waals surface area contributed by atoms with Gasteiger partial charge in [-0.2, -0.15) is 0 Å². The topological polar surface area (TPSA) is 109 Å². The van der Waals surface area contributed by atoms with E-state index in [9.17, 15) is 14.2 Å². The summed E-state index contributed by atoms with van der Waals surface area (Å²) in [4.78, 5) is 34.6. The van der Waals surface area contributed by atoms with Gasteiger partial charge in [0.15, 0.2) is 0 Å². The third-order valence-corrected chi connectivity index (χ3v) is 3.85. The summed E-state index contributed by atoms with van der Waals surface area (Å²) < 4.78 is 9.51. The molecule has 0 saturated carbocycles. The summed E-state index contributed by atoms with van der Waals surface area (Å²) in [5.74, 6) is 0.459. The Balaban J connectivity index is 0.000000442. The fraction of sp³-hybridized carbons (Fsp3) is 0.500. The first kappa shape index (κ1) is 28.4. The molecule has 0 bridgehead atoms. The van der Waals surface area contributed by atoms with Crippen LogP contribution < -0.4 is 11.2 Å². The molecule has 0 saturated heterocycles. The van der Waals surface area contributed by atoms with E-state index < -0.39 is 10.9 Å². The molecule has 0 aliphatic carbocycles. The molecule has 0 radical (unpaired) electrons. The molecule has 0 fully saturated rings. The van der Waals surface area contributed by atoms with Crippen molar-refractivity contribution in [1.82, 2.24) is 19.9 Å². The van der Waals surface area contributed by atoms with E-state index in [0.29, 0.717) is 22.3 Å². The van der Waals surface area contributed by atoms with Gasteiger partial charge in [0.05, 0.1) is 0 Å². The molecule has 0 unspecified atom stereocenters. The molecule has 29 heavy (non-hydrogen) atoms. The van der Waals surface area contributed by atoms with E-state index in [1.54, 1.807) is 6.92 Å². The van der Waals surface area contributed by atoms with E-state index in [-0.39, 0.29) is 16.8 Å². The quantitative estimate of drug-likeness (QED) is 0.263. The normalized spacial score (nSPS) is 10.9. The van der Waals surface area contributed by atoms with Crippen molar-refractivity contribution in [3.63, 3.8) is 0 Å². The Kier molecular flexibility index (Phi) is 12.1. The van der Waals surface area contributed by atoms with Crippen LogP contribution in [0.2, 0.25) is 10.4 Å². The lowest BCUT2D eigenvalue weighted by molar-refractivity contribution is 0.600. The van der Waals surface area contributed by atoms with E-state index >= 15 is 0 Å². The lowest BCUT2D eigenvalue weighted by Gasteiger charge is -2.09. The molecule has 0 aromatic carbocycles. The Morgan fingerprint density at radius 1 is 0.862 bits per heavy atom. The third kappa shape index (κ3) is 11.4. The third-order valence-electron chi connectivity index (χ3n) is 3.39. The number of nitrogens with zero attached hydrogens (tertiary/aromatic N) is 2. The summed E-state index contributed by atoms with van der Waals surface area (Å²) in [6, 6.07) is 0. The number of aromatic amines is 2. The van der Waals surface area contributed by atoms with Crippen molar-refractivity contribution in [3.8, 4) is 0 Å². The minimum Gasteiger partial charge on any atom is -0.311 e. The Hall–Kier alpha value is -0.560. The van der Waals surface area contributed by atoms with E-state index in [0.717, 1.165) is 11.3 Å². The number of hydrogen-bond donors (Lipinski definition) is 2. The predicted molar refractivity (Wildman–Crippen MR) is 123 cm³/mol. The largest absolute Gasteiger partial charge is 0.339 e. The SMILES string of the molecule is Cc1[nH]c(=O)[nH]c(=O)c1C(C)C.Cc1nc(Cl)nc(Cl)c1C(C)C.O=P(Cl)(Cl)Cl. The van der Waals surface area contributed by atoms with E-state index in [1.807, 2.05) is 34.6 Å². The van der Waals surface area contributed by atoms with Crippen LogP contribution >= 0.6 is 62.1 Å². The highest BCUT2D eigenvalue weighted by Gasteiger charge is 2.12. The van der Waals surface area contributed by atoms with Crippen LogP contribution in [0.3, 0.4) is 0 Å². The summed E-state index contributed by atoms with van der Waals surface area (Å²) >= 11 is 25.4. The predicted octanol–water partition coefficient (Wildman–Crippen LogP) is 6.52. The van der Waals surface area contributed by atoms with Gasteiger partial charge in [-0.3, -0.25) is 14.3 Å². The van der Waals surface area contributed by atoms with Gasteiger partial charge in [0.1, 0.15) is 5.15 Å². The molecule has 0 aliphatic rings. The van der Waals surface area contributed by atoms with Crippen molar-refractivity contribution in [2.45, 2.75) is 53.4 Å². The van der Waals surface area contributed by atoms with Gasteiger partial charge < -0.3 is 4.98 Å². The van der Waals surface area contributed by atoms with E-state index in [2.05, 4.69) is 53.7 Å². The number of hydrogen-bond acceptors (Lipinski definition) is 5. The summed E-state index contributed by atoms with van der Waals surface area (Å²) in [5.41, 5.74) is 2.40. The number of halogens is 5. The highest BCUT2D eigenvalue weighted by atomic mass is 36.0. The maximum Gasteiger partial charge on any atom is 0.339 e. The number of H-pyrrole nitrogens is 2. The van der Waals surface area contributed by atoms with Crippen molar-refractivity contribution >= 4 is 62.1 Å². The molecule has 2 aromatic heterocycles. The highest BCUT2D eigenvalue weighted by Crippen LogP contribution is 2.61. The molecule has 2 N–H and O–H groups in total. The maximum atomic E-state index is 11.2. The van der Waals surface area contributed by atoms with Gasteiger partial charge in [0, 0.05) is 22.5 Å². The molecule has 0 aliphatic heterocycles. The minimum absolute atomic E-state index is 0.130. The average Bonchev–Trinajstić information content (AvgIpc) is 2.42. The zero-order valence-electron chi connectivity index (χ0n) is 16.6. The minimum atomic E-state index is -3.22. The number of nitrogens with one attached hydrogen (secondary N) is 2. The van der Waals surface area contributed by atoms with Crippen LogP contribution in [0, 0.1) is 13.8 Å². The average molecular weight is 527 g/mol. The summed E-state index contributed by atoms with van der Waals surface area (Å²) in [5, 5.41) is -2.55. The van der Waals surface area contributed by atoms with Crippen molar-refractivity contribution in [1.29, 1.82) is 0 Å². The first-order chi connectivity index (χ1) is 13.0. The van der Waals surface area contributed by atoms with Gasteiger partial charge in [-0.1, -0.05) is 39.3 Å². The second kappa shape index (κ2) is 12.3. The first-order valence-corrected chi connectivity index (χ1v) is 13.4. The van der Waals surface area contributed by atoms with E-state index in [4.69, 9.17) is 23.2 Å². The summed E-state index contributed by atoms with van der Waals surface area (Å²) in [6.07, 6.45) is 0.